The normalized spacial score (nSPS) is 21.5. The SMILES string of the molecule is CC(CN)N1CCN(C(N)=O)CC1. The van der Waals surface area contributed by atoms with Crippen molar-refractivity contribution in [2.75, 3.05) is 32.7 Å². The Kier molecular flexibility index (Phi) is 3.50. The second-order valence-electron chi connectivity index (χ2n) is 3.45. The smallest absolute Gasteiger partial charge is 0.314 e. The zero-order valence-electron chi connectivity index (χ0n) is 8.07. The van der Waals surface area contributed by atoms with Crippen LogP contribution in [0.25, 0.3) is 0 Å². The maximum atomic E-state index is 10.8. The lowest BCUT2D eigenvalue weighted by molar-refractivity contribution is 0.120. The van der Waals surface area contributed by atoms with Gasteiger partial charge in [0, 0.05) is 38.8 Å². The molecule has 0 aromatic heterocycles. The Balaban J connectivity index is 2.34. The van der Waals surface area contributed by atoms with E-state index in [9.17, 15) is 4.79 Å². The van der Waals surface area contributed by atoms with Crippen LogP contribution in [0.15, 0.2) is 0 Å². The van der Waals surface area contributed by atoms with Gasteiger partial charge in [-0.15, -0.1) is 0 Å². The minimum absolute atomic E-state index is 0.319. The Hall–Kier alpha value is -0.810. The van der Waals surface area contributed by atoms with Crippen molar-refractivity contribution in [1.29, 1.82) is 0 Å². The van der Waals surface area contributed by atoms with Gasteiger partial charge in [-0.25, -0.2) is 4.79 Å². The Morgan fingerprint density at radius 3 is 2.31 bits per heavy atom. The molecule has 1 atom stereocenters. The molecule has 0 bridgehead atoms. The molecule has 1 unspecified atom stereocenters. The molecule has 2 amide bonds. The topological polar surface area (TPSA) is 75.6 Å². The van der Waals surface area contributed by atoms with Crippen molar-refractivity contribution >= 4 is 6.03 Å². The number of rotatable bonds is 2. The average Bonchev–Trinajstić information content (AvgIpc) is 2.17. The summed E-state index contributed by atoms with van der Waals surface area (Å²) in [6, 6.07) is 0.0788. The van der Waals surface area contributed by atoms with Gasteiger partial charge < -0.3 is 16.4 Å². The van der Waals surface area contributed by atoms with Gasteiger partial charge in [-0.05, 0) is 6.92 Å². The van der Waals surface area contributed by atoms with Crippen molar-refractivity contribution in [3.8, 4) is 0 Å². The molecule has 0 radical (unpaired) electrons. The van der Waals surface area contributed by atoms with Crippen molar-refractivity contribution in [3.05, 3.63) is 0 Å². The third-order valence-corrected chi connectivity index (χ3v) is 2.59. The van der Waals surface area contributed by atoms with E-state index in [2.05, 4.69) is 11.8 Å². The molecule has 0 saturated carbocycles. The third kappa shape index (κ3) is 2.57. The Morgan fingerprint density at radius 2 is 1.92 bits per heavy atom. The fourth-order valence-electron chi connectivity index (χ4n) is 1.53. The van der Waals surface area contributed by atoms with E-state index in [1.54, 1.807) is 4.90 Å². The maximum absolute atomic E-state index is 10.8. The molecule has 76 valence electrons. The fraction of sp³-hybridized carbons (Fsp3) is 0.875. The lowest BCUT2D eigenvalue weighted by atomic mass is 10.2. The molecule has 1 heterocycles. The van der Waals surface area contributed by atoms with Gasteiger partial charge in [0.2, 0.25) is 0 Å². The van der Waals surface area contributed by atoms with Crippen molar-refractivity contribution in [1.82, 2.24) is 9.80 Å². The Bertz CT molecular complexity index is 177. The quantitative estimate of drug-likeness (QED) is 0.582. The Morgan fingerprint density at radius 1 is 1.38 bits per heavy atom. The van der Waals surface area contributed by atoms with E-state index in [0.29, 0.717) is 12.6 Å². The molecule has 1 saturated heterocycles. The van der Waals surface area contributed by atoms with E-state index < -0.39 is 0 Å². The number of primary amides is 1. The first kappa shape index (κ1) is 10.3. The van der Waals surface area contributed by atoms with E-state index in [0.717, 1.165) is 26.2 Å². The molecule has 0 aromatic rings. The predicted octanol–water partition coefficient (Wildman–Crippen LogP) is -0.970. The molecule has 5 heteroatoms. The van der Waals surface area contributed by atoms with Gasteiger partial charge >= 0.3 is 6.03 Å². The van der Waals surface area contributed by atoms with Crippen LogP contribution in [0.3, 0.4) is 0 Å². The van der Waals surface area contributed by atoms with Gasteiger partial charge in [-0.1, -0.05) is 0 Å². The van der Waals surface area contributed by atoms with Gasteiger partial charge in [0.25, 0.3) is 0 Å². The number of hydrogen-bond donors (Lipinski definition) is 2. The molecular weight excluding hydrogens is 168 g/mol. The average molecular weight is 186 g/mol. The largest absolute Gasteiger partial charge is 0.351 e. The molecule has 0 aromatic carbocycles. The number of amides is 2. The van der Waals surface area contributed by atoms with Gasteiger partial charge in [-0.2, -0.15) is 0 Å². The molecule has 0 spiro atoms. The van der Waals surface area contributed by atoms with Crippen molar-refractivity contribution < 1.29 is 4.79 Å². The van der Waals surface area contributed by atoms with Crippen LogP contribution in [0.5, 0.6) is 0 Å². The Labute approximate surface area is 78.6 Å². The fourth-order valence-corrected chi connectivity index (χ4v) is 1.53. The van der Waals surface area contributed by atoms with Gasteiger partial charge in [0.05, 0.1) is 0 Å². The first-order chi connectivity index (χ1) is 6.15. The van der Waals surface area contributed by atoms with E-state index in [1.165, 1.54) is 0 Å². The monoisotopic (exact) mass is 186 g/mol. The molecule has 5 nitrogen and oxygen atoms in total. The molecule has 13 heavy (non-hydrogen) atoms. The van der Waals surface area contributed by atoms with Crippen LogP contribution < -0.4 is 11.5 Å². The van der Waals surface area contributed by atoms with Crippen LogP contribution in [0.2, 0.25) is 0 Å². The highest BCUT2D eigenvalue weighted by Gasteiger charge is 2.21. The minimum atomic E-state index is -0.319. The number of carbonyl (C=O) groups is 1. The zero-order valence-corrected chi connectivity index (χ0v) is 8.07. The van der Waals surface area contributed by atoms with Crippen LogP contribution in [0.4, 0.5) is 4.79 Å². The predicted molar refractivity (Wildman–Crippen MR) is 51.2 cm³/mol. The summed E-state index contributed by atoms with van der Waals surface area (Å²) < 4.78 is 0. The molecule has 0 aliphatic carbocycles. The second-order valence-corrected chi connectivity index (χ2v) is 3.45. The molecule has 1 aliphatic heterocycles. The highest BCUT2D eigenvalue weighted by Crippen LogP contribution is 2.04. The van der Waals surface area contributed by atoms with E-state index in [1.807, 2.05) is 0 Å². The summed E-state index contributed by atoms with van der Waals surface area (Å²) in [6.45, 7) is 5.96. The lowest BCUT2D eigenvalue weighted by Gasteiger charge is -2.36. The first-order valence-electron chi connectivity index (χ1n) is 4.63. The summed E-state index contributed by atoms with van der Waals surface area (Å²) in [5.41, 5.74) is 10.7. The van der Waals surface area contributed by atoms with Crippen LogP contribution in [-0.2, 0) is 0 Å². The third-order valence-electron chi connectivity index (χ3n) is 2.59. The van der Waals surface area contributed by atoms with Gasteiger partial charge in [0.1, 0.15) is 0 Å². The van der Waals surface area contributed by atoms with Crippen LogP contribution in [-0.4, -0.2) is 54.6 Å². The molecule has 1 fully saturated rings. The van der Waals surface area contributed by atoms with Crippen molar-refractivity contribution in [2.45, 2.75) is 13.0 Å². The number of nitrogens with two attached hydrogens (primary N) is 2. The van der Waals surface area contributed by atoms with Gasteiger partial charge in [0.15, 0.2) is 0 Å². The van der Waals surface area contributed by atoms with Gasteiger partial charge in [-0.3, -0.25) is 4.90 Å². The number of hydrogen-bond acceptors (Lipinski definition) is 3. The number of carbonyl (C=O) groups excluding carboxylic acids is 1. The second kappa shape index (κ2) is 4.43. The van der Waals surface area contributed by atoms with Crippen molar-refractivity contribution in [3.63, 3.8) is 0 Å². The summed E-state index contributed by atoms with van der Waals surface area (Å²) in [5, 5.41) is 0. The van der Waals surface area contributed by atoms with E-state index >= 15 is 0 Å². The lowest BCUT2D eigenvalue weighted by Crippen LogP contribution is -2.53. The maximum Gasteiger partial charge on any atom is 0.314 e. The number of urea groups is 1. The summed E-state index contributed by atoms with van der Waals surface area (Å²) in [7, 11) is 0. The molecular formula is C8H18N4O. The summed E-state index contributed by atoms with van der Waals surface area (Å²) in [6.07, 6.45) is 0. The molecule has 1 rings (SSSR count). The van der Waals surface area contributed by atoms with Crippen LogP contribution in [0.1, 0.15) is 6.92 Å². The molecule has 4 N–H and O–H groups in total. The summed E-state index contributed by atoms with van der Waals surface area (Å²) in [5.74, 6) is 0. The highest BCUT2D eigenvalue weighted by molar-refractivity contribution is 5.72. The first-order valence-corrected chi connectivity index (χ1v) is 4.63. The number of piperazine rings is 1. The van der Waals surface area contributed by atoms with E-state index in [4.69, 9.17) is 11.5 Å². The van der Waals surface area contributed by atoms with Crippen LogP contribution >= 0.6 is 0 Å². The summed E-state index contributed by atoms with van der Waals surface area (Å²) in [4.78, 5) is 14.7. The van der Waals surface area contributed by atoms with Crippen molar-refractivity contribution in [2.24, 2.45) is 11.5 Å². The molecule has 1 aliphatic rings. The standard InChI is InChI=1S/C8H18N4O/c1-7(6-9)11-2-4-12(5-3-11)8(10)13/h7H,2-6,9H2,1H3,(H2,10,13). The summed E-state index contributed by atoms with van der Waals surface area (Å²) >= 11 is 0. The highest BCUT2D eigenvalue weighted by atomic mass is 16.2. The van der Waals surface area contributed by atoms with E-state index in [-0.39, 0.29) is 6.03 Å². The number of nitrogens with zero attached hydrogens (tertiary/aromatic N) is 2. The van der Waals surface area contributed by atoms with Crippen LogP contribution in [0, 0.1) is 0 Å². The zero-order chi connectivity index (χ0) is 9.84. The minimum Gasteiger partial charge on any atom is -0.351 e.